The predicted octanol–water partition coefficient (Wildman–Crippen LogP) is 1.55. The summed E-state index contributed by atoms with van der Waals surface area (Å²) in [5, 5.41) is 2.86. The number of carbonyl (C=O) groups is 1. The third-order valence-corrected chi connectivity index (χ3v) is 3.02. The van der Waals surface area contributed by atoms with Crippen LogP contribution in [-0.2, 0) is 4.79 Å². The Labute approximate surface area is 121 Å². The van der Waals surface area contributed by atoms with E-state index in [0.717, 1.165) is 18.0 Å². The average Bonchev–Trinajstić information content (AvgIpc) is 2.37. The lowest BCUT2D eigenvalue weighted by Gasteiger charge is -2.28. The van der Waals surface area contributed by atoms with Gasteiger partial charge in [-0.15, -0.1) is 0 Å². The van der Waals surface area contributed by atoms with Crippen LogP contribution in [0.15, 0.2) is 24.3 Å². The quantitative estimate of drug-likeness (QED) is 0.794. The smallest absolute Gasteiger partial charge is 0.238 e. The van der Waals surface area contributed by atoms with E-state index >= 15 is 0 Å². The number of ether oxygens (including phenoxy) is 1. The monoisotopic (exact) mass is 279 g/mol. The maximum atomic E-state index is 12.0. The molecule has 0 radical (unpaired) electrons. The number of nitrogens with two attached hydrogens (primary N) is 1. The van der Waals surface area contributed by atoms with Crippen LogP contribution in [0.3, 0.4) is 0 Å². The number of amides is 1. The largest absolute Gasteiger partial charge is 0.497 e. The van der Waals surface area contributed by atoms with Crippen LogP contribution in [0, 0.1) is 5.41 Å². The van der Waals surface area contributed by atoms with Gasteiger partial charge in [0.15, 0.2) is 0 Å². The summed E-state index contributed by atoms with van der Waals surface area (Å²) in [5.74, 6) is 0.675. The Balaban J connectivity index is 2.50. The molecular formula is C15H25N3O2. The Morgan fingerprint density at radius 2 is 2.15 bits per heavy atom. The van der Waals surface area contributed by atoms with E-state index in [1.165, 1.54) is 0 Å². The fourth-order valence-electron chi connectivity index (χ4n) is 2.00. The molecule has 0 bridgehead atoms. The van der Waals surface area contributed by atoms with Gasteiger partial charge in [0.1, 0.15) is 5.75 Å². The summed E-state index contributed by atoms with van der Waals surface area (Å²) >= 11 is 0. The van der Waals surface area contributed by atoms with Crippen molar-refractivity contribution < 1.29 is 9.53 Å². The highest BCUT2D eigenvalue weighted by atomic mass is 16.5. The number of nitrogens with one attached hydrogen (secondary N) is 1. The van der Waals surface area contributed by atoms with Crippen molar-refractivity contribution in [3.63, 3.8) is 0 Å². The number of methoxy groups -OCH3 is 1. The van der Waals surface area contributed by atoms with Gasteiger partial charge in [-0.3, -0.25) is 9.69 Å². The maximum absolute atomic E-state index is 12.0. The number of carbonyl (C=O) groups excluding carboxylic acids is 1. The van der Waals surface area contributed by atoms with Crippen LogP contribution in [0.4, 0.5) is 5.69 Å². The van der Waals surface area contributed by atoms with Crippen molar-refractivity contribution in [3.8, 4) is 5.75 Å². The molecule has 0 saturated heterocycles. The van der Waals surface area contributed by atoms with Crippen LogP contribution < -0.4 is 15.8 Å². The molecule has 0 aliphatic carbocycles. The first-order valence-electron chi connectivity index (χ1n) is 6.69. The predicted molar refractivity (Wildman–Crippen MR) is 82.0 cm³/mol. The number of likely N-dealkylation sites (N-methyl/N-ethyl adjacent to an activating group) is 1. The molecule has 5 heteroatoms. The summed E-state index contributed by atoms with van der Waals surface area (Å²) in [6, 6.07) is 7.31. The Morgan fingerprint density at radius 1 is 1.45 bits per heavy atom. The third kappa shape index (κ3) is 5.59. The zero-order valence-electron chi connectivity index (χ0n) is 12.8. The van der Waals surface area contributed by atoms with E-state index in [1.54, 1.807) is 13.2 Å². The molecule has 0 unspecified atom stereocenters. The zero-order chi connectivity index (χ0) is 15.2. The summed E-state index contributed by atoms with van der Waals surface area (Å²) in [7, 11) is 3.52. The summed E-state index contributed by atoms with van der Waals surface area (Å²) < 4.78 is 5.12. The van der Waals surface area contributed by atoms with Gasteiger partial charge in [0.05, 0.1) is 13.7 Å². The Bertz CT molecular complexity index is 446. The molecule has 3 N–H and O–H groups in total. The van der Waals surface area contributed by atoms with Crippen LogP contribution in [0.25, 0.3) is 0 Å². The van der Waals surface area contributed by atoms with Crippen molar-refractivity contribution in [2.45, 2.75) is 13.8 Å². The second kappa shape index (κ2) is 7.26. The first-order chi connectivity index (χ1) is 9.36. The Kier molecular flexibility index (Phi) is 5.98. The van der Waals surface area contributed by atoms with Gasteiger partial charge < -0.3 is 15.8 Å². The Morgan fingerprint density at radius 3 is 2.75 bits per heavy atom. The van der Waals surface area contributed by atoms with Crippen molar-refractivity contribution in [2.75, 3.05) is 39.1 Å². The minimum atomic E-state index is -0.0476. The lowest BCUT2D eigenvalue weighted by Crippen LogP contribution is -2.40. The first kappa shape index (κ1) is 16.5. The van der Waals surface area contributed by atoms with Crippen molar-refractivity contribution in [2.24, 2.45) is 11.1 Å². The van der Waals surface area contributed by atoms with Gasteiger partial charge in [-0.2, -0.15) is 0 Å². The van der Waals surface area contributed by atoms with E-state index in [0.29, 0.717) is 13.1 Å². The van der Waals surface area contributed by atoms with Crippen molar-refractivity contribution in [1.29, 1.82) is 0 Å². The molecule has 0 aliphatic rings. The summed E-state index contributed by atoms with van der Waals surface area (Å²) in [6.45, 7) is 5.87. The molecule has 0 atom stereocenters. The fraction of sp³-hybridized carbons (Fsp3) is 0.533. The lowest BCUT2D eigenvalue weighted by molar-refractivity contribution is -0.117. The van der Waals surface area contributed by atoms with Gasteiger partial charge in [-0.1, -0.05) is 19.9 Å². The van der Waals surface area contributed by atoms with Gasteiger partial charge in [0.2, 0.25) is 5.91 Å². The van der Waals surface area contributed by atoms with E-state index in [9.17, 15) is 4.79 Å². The van der Waals surface area contributed by atoms with E-state index in [2.05, 4.69) is 19.2 Å². The SMILES string of the molecule is COc1cccc(NC(=O)CN(C)CC(C)(C)CN)c1. The van der Waals surface area contributed by atoms with Gasteiger partial charge >= 0.3 is 0 Å². The fourth-order valence-corrected chi connectivity index (χ4v) is 2.00. The molecule has 5 nitrogen and oxygen atoms in total. The zero-order valence-corrected chi connectivity index (χ0v) is 12.8. The second-order valence-electron chi connectivity index (χ2n) is 5.82. The van der Waals surface area contributed by atoms with Crippen LogP contribution in [0.1, 0.15) is 13.8 Å². The van der Waals surface area contributed by atoms with Gasteiger partial charge in [-0.25, -0.2) is 0 Å². The number of rotatable bonds is 7. The number of hydrogen-bond donors (Lipinski definition) is 2. The molecule has 0 heterocycles. The Hall–Kier alpha value is -1.59. The molecule has 0 fully saturated rings. The van der Waals surface area contributed by atoms with Gasteiger partial charge in [0.25, 0.3) is 0 Å². The van der Waals surface area contributed by atoms with E-state index < -0.39 is 0 Å². The molecule has 1 amide bonds. The van der Waals surface area contributed by atoms with Gasteiger partial charge in [0, 0.05) is 18.3 Å². The minimum absolute atomic E-state index is 0.00496. The highest BCUT2D eigenvalue weighted by Gasteiger charge is 2.19. The number of anilines is 1. The molecule has 0 saturated carbocycles. The lowest BCUT2D eigenvalue weighted by atomic mass is 9.93. The number of hydrogen-bond acceptors (Lipinski definition) is 4. The second-order valence-corrected chi connectivity index (χ2v) is 5.82. The number of nitrogens with zero attached hydrogens (tertiary/aromatic N) is 1. The van der Waals surface area contributed by atoms with Crippen molar-refractivity contribution in [1.82, 2.24) is 4.90 Å². The van der Waals surface area contributed by atoms with Crippen LogP contribution in [0.2, 0.25) is 0 Å². The normalized spacial score (nSPS) is 11.5. The summed E-state index contributed by atoms with van der Waals surface area (Å²) in [4.78, 5) is 13.9. The third-order valence-electron chi connectivity index (χ3n) is 3.02. The van der Waals surface area contributed by atoms with E-state index in [1.807, 2.05) is 30.1 Å². The molecule has 0 aliphatic heterocycles. The topological polar surface area (TPSA) is 67.6 Å². The maximum Gasteiger partial charge on any atom is 0.238 e. The van der Waals surface area contributed by atoms with Gasteiger partial charge in [-0.05, 0) is 31.1 Å². The minimum Gasteiger partial charge on any atom is -0.497 e. The highest BCUT2D eigenvalue weighted by Crippen LogP contribution is 2.17. The molecular weight excluding hydrogens is 254 g/mol. The van der Waals surface area contributed by atoms with Crippen LogP contribution in [-0.4, -0.2) is 44.6 Å². The molecule has 20 heavy (non-hydrogen) atoms. The highest BCUT2D eigenvalue weighted by molar-refractivity contribution is 5.92. The molecule has 0 aromatic heterocycles. The molecule has 1 aromatic carbocycles. The molecule has 1 rings (SSSR count). The summed E-state index contributed by atoms with van der Waals surface area (Å²) in [5.41, 5.74) is 6.44. The van der Waals surface area contributed by atoms with Crippen molar-refractivity contribution in [3.05, 3.63) is 24.3 Å². The average molecular weight is 279 g/mol. The van der Waals surface area contributed by atoms with Crippen LogP contribution in [0.5, 0.6) is 5.75 Å². The van der Waals surface area contributed by atoms with Crippen LogP contribution >= 0.6 is 0 Å². The van der Waals surface area contributed by atoms with E-state index in [-0.39, 0.29) is 11.3 Å². The molecule has 0 spiro atoms. The molecule has 1 aromatic rings. The molecule has 112 valence electrons. The number of benzene rings is 1. The van der Waals surface area contributed by atoms with Crippen molar-refractivity contribution >= 4 is 11.6 Å². The standard InChI is InChI=1S/C15H25N3O2/c1-15(2,10-16)11-18(3)9-14(19)17-12-6-5-7-13(8-12)20-4/h5-8H,9-11,16H2,1-4H3,(H,17,19). The first-order valence-corrected chi connectivity index (χ1v) is 6.69. The van der Waals surface area contributed by atoms with E-state index in [4.69, 9.17) is 10.5 Å². The summed E-state index contributed by atoms with van der Waals surface area (Å²) in [6.07, 6.45) is 0.